The van der Waals surface area contributed by atoms with E-state index in [2.05, 4.69) is 0 Å². The monoisotopic (exact) mass is 257 g/mol. The van der Waals surface area contributed by atoms with Crippen LogP contribution in [0.15, 0.2) is 60.7 Å². The lowest BCUT2D eigenvalue weighted by Gasteiger charge is -2.29. The van der Waals surface area contributed by atoms with Gasteiger partial charge in [-0.15, -0.1) is 0 Å². The highest BCUT2D eigenvalue weighted by molar-refractivity contribution is 5.82. The molecule has 0 aliphatic heterocycles. The second kappa shape index (κ2) is 6.02. The summed E-state index contributed by atoms with van der Waals surface area (Å²) in [5, 5.41) is 18.6. The van der Waals surface area contributed by atoms with Crippen LogP contribution in [0.1, 0.15) is 0 Å². The molecule has 2 rings (SSSR count). The summed E-state index contributed by atoms with van der Waals surface area (Å²) in [5.41, 5.74) is 1.46. The first kappa shape index (κ1) is 13.1. The maximum atomic E-state index is 11.3. The van der Waals surface area contributed by atoms with Gasteiger partial charge in [-0.2, -0.15) is 0 Å². The Hall–Kier alpha value is -2.33. The van der Waals surface area contributed by atoms with Crippen LogP contribution in [0.2, 0.25) is 0 Å². The summed E-state index contributed by atoms with van der Waals surface area (Å²) in [6, 6.07) is 17.3. The van der Waals surface area contributed by atoms with E-state index in [1.807, 2.05) is 60.7 Å². The van der Waals surface area contributed by atoms with E-state index in [0.717, 1.165) is 11.4 Å². The van der Waals surface area contributed by atoms with Crippen LogP contribution in [0.3, 0.4) is 0 Å². The molecule has 2 aromatic carbocycles. The molecule has 0 unspecified atom stereocenters. The van der Waals surface area contributed by atoms with Gasteiger partial charge >= 0.3 is 5.97 Å². The van der Waals surface area contributed by atoms with Gasteiger partial charge in [0, 0.05) is 11.4 Å². The molecule has 4 heteroatoms. The quantitative estimate of drug-likeness (QED) is 0.862. The fraction of sp³-hybridized carbons (Fsp3) is 0.133. The van der Waals surface area contributed by atoms with E-state index in [1.165, 1.54) is 0 Å². The van der Waals surface area contributed by atoms with E-state index in [4.69, 9.17) is 0 Å². The smallest absolute Gasteiger partial charge is 0.329 e. The number of para-hydroxylation sites is 2. The Labute approximate surface area is 111 Å². The summed E-state index contributed by atoms with van der Waals surface area (Å²) in [5.74, 6) is -1.06. The van der Waals surface area contributed by atoms with E-state index in [9.17, 15) is 15.0 Å². The largest absolute Gasteiger partial charge is 0.480 e. The van der Waals surface area contributed by atoms with Gasteiger partial charge in [0.25, 0.3) is 0 Å². The Balaban J connectivity index is 2.48. The van der Waals surface area contributed by atoms with Crippen molar-refractivity contribution in [1.29, 1.82) is 0 Å². The number of hydrogen-bond acceptors (Lipinski definition) is 3. The van der Waals surface area contributed by atoms with Crippen molar-refractivity contribution in [1.82, 2.24) is 0 Å². The van der Waals surface area contributed by atoms with Gasteiger partial charge in [-0.05, 0) is 24.3 Å². The Morgan fingerprint density at radius 1 is 0.947 bits per heavy atom. The highest BCUT2D eigenvalue weighted by Crippen LogP contribution is 2.27. The molecule has 98 valence electrons. The second-order valence-corrected chi connectivity index (χ2v) is 4.08. The number of benzene rings is 2. The predicted octanol–water partition coefficient (Wildman–Crippen LogP) is 2.27. The van der Waals surface area contributed by atoms with Crippen LogP contribution in [0.25, 0.3) is 0 Å². The first-order chi connectivity index (χ1) is 9.24. The number of carboxylic acids is 1. The average molecular weight is 257 g/mol. The summed E-state index contributed by atoms with van der Waals surface area (Å²) in [6.07, 6.45) is 0. The lowest BCUT2D eigenvalue weighted by molar-refractivity contribution is -0.139. The molecular weight excluding hydrogens is 242 g/mol. The van der Waals surface area contributed by atoms with Gasteiger partial charge in [-0.25, -0.2) is 4.79 Å². The Kier molecular flexibility index (Phi) is 4.15. The standard InChI is InChI=1S/C15H15NO3/c17-11-14(15(18)19)16(12-7-3-1-4-8-12)13-9-5-2-6-10-13/h1-10,14,17H,11H2,(H,18,19)/t14-/m0/s1. The van der Waals surface area contributed by atoms with Gasteiger partial charge in [0.15, 0.2) is 6.04 Å². The number of aliphatic hydroxyl groups excluding tert-OH is 1. The van der Waals surface area contributed by atoms with Crippen LogP contribution >= 0.6 is 0 Å². The van der Waals surface area contributed by atoms with Gasteiger partial charge < -0.3 is 15.1 Å². The topological polar surface area (TPSA) is 60.8 Å². The number of aliphatic carboxylic acids is 1. The molecule has 0 saturated heterocycles. The highest BCUT2D eigenvalue weighted by atomic mass is 16.4. The third-order valence-corrected chi connectivity index (χ3v) is 2.84. The fourth-order valence-corrected chi connectivity index (χ4v) is 1.96. The predicted molar refractivity (Wildman–Crippen MR) is 73.5 cm³/mol. The van der Waals surface area contributed by atoms with Crippen molar-refractivity contribution in [2.75, 3.05) is 11.5 Å². The van der Waals surface area contributed by atoms with Crippen molar-refractivity contribution in [3.8, 4) is 0 Å². The van der Waals surface area contributed by atoms with Crippen molar-refractivity contribution in [3.05, 3.63) is 60.7 Å². The van der Waals surface area contributed by atoms with E-state index in [0.29, 0.717) is 0 Å². The lowest BCUT2D eigenvalue weighted by Crippen LogP contribution is -2.40. The molecule has 0 aromatic heterocycles. The number of carboxylic acid groups (broad SMARTS) is 1. The number of aliphatic hydroxyl groups is 1. The van der Waals surface area contributed by atoms with Crippen LogP contribution in [-0.2, 0) is 4.79 Å². The molecular formula is C15H15NO3. The van der Waals surface area contributed by atoms with Crippen molar-refractivity contribution >= 4 is 17.3 Å². The van der Waals surface area contributed by atoms with E-state index < -0.39 is 18.6 Å². The number of anilines is 2. The first-order valence-electron chi connectivity index (χ1n) is 5.97. The zero-order valence-corrected chi connectivity index (χ0v) is 10.3. The van der Waals surface area contributed by atoms with Crippen LogP contribution in [0.4, 0.5) is 11.4 Å². The molecule has 0 aliphatic carbocycles. The molecule has 2 N–H and O–H groups in total. The van der Waals surface area contributed by atoms with Gasteiger partial charge in [-0.3, -0.25) is 0 Å². The zero-order valence-electron chi connectivity index (χ0n) is 10.3. The highest BCUT2D eigenvalue weighted by Gasteiger charge is 2.26. The lowest BCUT2D eigenvalue weighted by atomic mass is 10.1. The van der Waals surface area contributed by atoms with Crippen LogP contribution < -0.4 is 4.90 Å². The first-order valence-corrected chi connectivity index (χ1v) is 5.97. The van der Waals surface area contributed by atoms with E-state index in [1.54, 1.807) is 4.90 Å². The molecule has 0 radical (unpaired) electrons. The van der Waals surface area contributed by atoms with Gasteiger partial charge in [0.05, 0.1) is 6.61 Å². The van der Waals surface area contributed by atoms with Crippen molar-refractivity contribution in [2.24, 2.45) is 0 Å². The molecule has 0 bridgehead atoms. The molecule has 0 amide bonds. The fourth-order valence-electron chi connectivity index (χ4n) is 1.96. The Bertz CT molecular complexity index is 488. The number of hydrogen-bond donors (Lipinski definition) is 2. The molecule has 0 spiro atoms. The third kappa shape index (κ3) is 2.92. The maximum Gasteiger partial charge on any atom is 0.329 e. The molecule has 0 heterocycles. The molecule has 4 nitrogen and oxygen atoms in total. The Morgan fingerprint density at radius 2 is 1.37 bits per heavy atom. The van der Waals surface area contributed by atoms with Gasteiger partial charge in [0.1, 0.15) is 0 Å². The average Bonchev–Trinajstić information content (AvgIpc) is 2.46. The maximum absolute atomic E-state index is 11.3. The summed E-state index contributed by atoms with van der Waals surface area (Å²) >= 11 is 0. The molecule has 19 heavy (non-hydrogen) atoms. The van der Waals surface area contributed by atoms with Crippen molar-refractivity contribution in [2.45, 2.75) is 6.04 Å². The normalized spacial score (nSPS) is 11.8. The van der Waals surface area contributed by atoms with Gasteiger partial charge in [-0.1, -0.05) is 36.4 Å². The molecule has 0 fully saturated rings. The molecule has 0 saturated carbocycles. The third-order valence-electron chi connectivity index (χ3n) is 2.84. The van der Waals surface area contributed by atoms with E-state index in [-0.39, 0.29) is 0 Å². The molecule has 2 aromatic rings. The summed E-state index contributed by atoms with van der Waals surface area (Å²) in [6.45, 7) is -0.459. The minimum absolute atomic E-state index is 0.459. The minimum atomic E-state index is -1.06. The SMILES string of the molecule is O=C(O)[C@H](CO)N(c1ccccc1)c1ccccc1. The summed E-state index contributed by atoms with van der Waals surface area (Å²) in [7, 11) is 0. The van der Waals surface area contributed by atoms with Crippen molar-refractivity contribution in [3.63, 3.8) is 0 Å². The number of carbonyl (C=O) groups is 1. The summed E-state index contributed by atoms with van der Waals surface area (Å²) in [4.78, 5) is 12.9. The van der Waals surface area contributed by atoms with Crippen LogP contribution in [-0.4, -0.2) is 28.8 Å². The molecule has 0 aliphatic rings. The van der Waals surface area contributed by atoms with Crippen LogP contribution in [0, 0.1) is 0 Å². The molecule has 1 atom stereocenters. The zero-order chi connectivity index (χ0) is 13.7. The van der Waals surface area contributed by atoms with Crippen LogP contribution in [0.5, 0.6) is 0 Å². The van der Waals surface area contributed by atoms with Gasteiger partial charge in [0.2, 0.25) is 0 Å². The summed E-state index contributed by atoms with van der Waals surface area (Å²) < 4.78 is 0. The number of nitrogens with zero attached hydrogens (tertiary/aromatic N) is 1. The van der Waals surface area contributed by atoms with E-state index >= 15 is 0 Å². The van der Waals surface area contributed by atoms with Crippen molar-refractivity contribution < 1.29 is 15.0 Å². The Morgan fingerprint density at radius 3 is 1.68 bits per heavy atom. The second-order valence-electron chi connectivity index (χ2n) is 4.08. The minimum Gasteiger partial charge on any atom is -0.480 e. The number of rotatable bonds is 5.